The normalized spacial score (nSPS) is 23.2. The standard InChI is InChI=1S/C9H12BrNO/c10-8-3-1-2-7(4-5-8)9(12)6-11/h3-5,7H,1-2,6,11H2. The van der Waals surface area contributed by atoms with Crippen molar-refractivity contribution < 1.29 is 4.79 Å². The van der Waals surface area contributed by atoms with Crippen LogP contribution < -0.4 is 5.73 Å². The molecule has 0 saturated carbocycles. The molecule has 0 saturated heterocycles. The minimum atomic E-state index is 0.0151. The Morgan fingerprint density at radius 2 is 2.50 bits per heavy atom. The number of rotatable bonds is 2. The van der Waals surface area contributed by atoms with E-state index in [1.165, 1.54) is 0 Å². The molecule has 0 amide bonds. The van der Waals surface area contributed by atoms with Crippen LogP contribution >= 0.6 is 15.9 Å². The van der Waals surface area contributed by atoms with Gasteiger partial charge in [-0.15, -0.1) is 0 Å². The fourth-order valence-electron chi connectivity index (χ4n) is 1.19. The second kappa shape index (κ2) is 4.58. The van der Waals surface area contributed by atoms with Gasteiger partial charge < -0.3 is 5.73 Å². The van der Waals surface area contributed by atoms with E-state index in [9.17, 15) is 4.79 Å². The fraction of sp³-hybridized carbons (Fsp3) is 0.444. The molecule has 0 aromatic rings. The number of ketones is 1. The number of carbonyl (C=O) groups is 1. The molecular formula is C9H12BrNO. The number of carbonyl (C=O) groups excluding carboxylic acids is 1. The Balaban J connectivity index is 2.61. The summed E-state index contributed by atoms with van der Waals surface area (Å²) in [6, 6.07) is 0. The van der Waals surface area contributed by atoms with E-state index in [4.69, 9.17) is 5.73 Å². The molecule has 0 spiro atoms. The summed E-state index contributed by atoms with van der Waals surface area (Å²) in [5, 5.41) is 0. The van der Waals surface area contributed by atoms with Crippen LogP contribution in [0.2, 0.25) is 0 Å². The summed E-state index contributed by atoms with van der Waals surface area (Å²) in [6.45, 7) is 0.145. The second-order valence-electron chi connectivity index (χ2n) is 2.80. The third-order valence-corrected chi connectivity index (χ3v) is 2.51. The van der Waals surface area contributed by atoms with Crippen molar-refractivity contribution in [3.05, 3.63) is 22.7 Å². The maximum atomic E-state index is 11.2. The van der Waals surface area contributed by atoms with Gasteiger partial charge in [0.15, 0.2) is 5.78 Å². The summed E-state index contributed by atoms with van der Waals surface area (Å²) in [6.07, 6.45) is 7.72. The maximum absolute atomic E-state index is 11.2. The van der Waals surface area contributed by atoms with Crippen molar-refractivity contribution in [2.24, 2.45) is 11.7 Å². The van der Waals surface area contributed by atoms with E-state index in [-0.39, 0.29) is 18.2 Å². The van der Waals surface area contributed by atoms with Crippen LogP contribution in [0.1, 0.15) is 12.8 Å². The number of nitrogens with two attached hydrogens (primary N) is 1. The molecule has 0 aliphatic heterocycles. The van der Waals surface area contributed by atoms with Gasteiger partial charge in [-0.25, -0.2) is 0 Å². The van der Waals surface area contributed by atoms with Crippen LogP contribution in [0.25, 0.3) is 0 Å². The molecule has 1 rings (SSSR count). The molecule has 1 aliphatic carbocycles. The first-order chi connectivity index (χ1) is 5.74. The highest BCUT2D eigenvalue weighted by Crippen LogP contribution is 2.19. The zero-order valence-electron chi connectivity index (χ0n) is 6.79. The van der Waals surface area contributed by atoms with Gasteiger partial charge in [0, 0.05) is 10.4 Å². The van der Waals surface area contributed by atoms with Crippen molar-refractivity contribution in [2.45, 2.75) is 12.8 Å². The molecular weight excluding hydrogens is 218 g/mol. The molecule has 0 radical (unpaired) electrons. The van der Waals surface area contributed by atoms with Gasteiger partial charge in [-0.3, -0.25) is 4.79 Å². The lowest BCUT2D eigenvalue weighted by Crippen LogP contribution is -2.21. The fourth-order valence-corrected chi connectivity index (χ4v) is 1.57. The number of allylic oxidation sites excluding steroid dienone is 4. The van der Waals surface area contributed by atoms with Crippen LogP contribution in [0, 0.1) is 5.92 Å². The Hall–Kier alpha value is -0.410. The van der Waals surface area contributed by atoms with E-state index < -0.39 is 0 Å². The minimum absolute atomic E-state index is 0.0151. The molecule has 2 nitrogen and oxygen atoms in total. The van der Waals surface area contributed by atoms with Gasteiger partial charge in [-0.2, -0.15) is 0 Å². The second-order valence-corrected chi connectivity index (χ2v) is 3.72. The minimum Gasteiger partial charge on any atom is -0.324 e. The van der Waals surface area contributed by atoms with Crippen LogP contribution in [-0.4, -0.2) is 12.3 Å². The van der Waals surface area contributed by atoms with Crippen molar-refractivity contribution >= 4 is 21.7 Å². The molecule has 0 fully saturated rings. The van der Waals surface area contributed by atoms with E-state index >= 15 is 0 Å². The van der Waals surface area contributed by atoms with E-state index in [0.717, 1.165) is 17.3 Å². The topological polar surface area (TPSA) is 43.1 Å². The summed E-state index contributed by atoms with van der Waals surface area (Å²) < 4.78 is 1.05. The zero-order valence-corrected chi connectivity index (χ0v) is 8.38. The first-order valence-electron chi connectivity index (χ1n) is 4.00. The molecule has 3 heteroatoms. The van der Waals surface area contributed by atoms with E-state index in [0.29, 0.717) is 0 Å². The van der Waals surface area contributed by atoms with Crippen LogP contribution in [0.5, 0.6) is 0 Å². The smallest absolute Gasteiger partial charge is 0.153 e. The predicted octanol–water partition coefficient (Wildman–Crippen LogP) is 1.76. The van der Waals surface area contributed by atoms with E-state index in [1.54, 1.807) is 0 Å². The Bertz CT molecular complexity index is 233. The summed E-state index contributed by atoms with van der Waals surface area (Å²) in [7, 11) is 0. The van der Waals surface area contributed by atoms with Gasteiger partial charge in [0.2, 0.25) is 0 Å². The lowest BCUT2D eigenvalue weighted by Gasteiger charge is -2.06. The first kappa shape index (κ1) is 9.68. The van der Waals surface area contributed by atoms with Crippen LogP contribution in [0.3, 0.4) is 0 Å². The Labute approximate surface area is 80.6 Å². The highest BCUT2D eigenvalue weighted by Gasteiger charge is 2.13. The van der Waals surface area contributed by atoms with Crippen molar-refractivity contribution in [3.8, 4) is 0 Å². The third kappa shape index (κ3) is 2.57. The summed E-state index contributed by atoms with van der Waals surface area (Å²) in [5.74, 6) is 0.142. The van der Waals surface area contributed by atoms with Crippen molar-refractivity contribution in [3.63, 3.8) is 0 Å². The lowest BCUT2D eigenvalue weighted by atomic mass is 9.99. The molecule has 1 aliphatic rings. The summed E-state index contributed by atoms with van der Waals surface area (Å²) in [4.78, 5) is 11.2. The predicted molar refractivity (Wildman–Crippen MR) is 52.9 cm³/mol. The molecule has 66 valence electrons. The van der Waals surface area contributed by atoms with E-state index in [1.807, 2.05) is 12.2 Å². The number of hydrogen-bond donors (Lipinski definition) is 1. The average molecular weight is 230 g/mol. The maximum Gasteiger partial charge on any atom is 0.153 e. The van der Waals surface area contributed by atoms with Gasteiger partial charge in [-0.05, 0) is 12.8 Å². The molecule has 2 N–H and O–H groups in total. The molecule has 1 unspecified atom stereocenters. The number of hydrogen-bond acceptors (Lipinski definition) is 2. The van der Waals surface area contributed by atoms with Crippen molar-refractivity contribution in [1.29, 1.82) is 0 Å². The molecule has 0 aromatic heterocycles. The van der Waals surface area contributed by atoms with Crippen LogP contribution in [-0.2, 0) is 4.79 Å². The zero-order chi connectivity index (χ0) is 8.97. The third-order valence-electron chi connectivity index (χ3n) is 1.92. The molecule has 12 heavy (non-hydrogen) atoms. The number of halogens is 1. The highest BCUT2D eigenvalue weighted by molar-refractivity contribution is 9.11. The largest absolute Gasteiger partial charge is 0.324 e. The van der Waals surface area contributed by atoms with Gasteiger partial charge in [0.25, 0.3) is 0 Å². The van der Waals surface area contributed by atoms with Crippen LogP contribution in [0.4, 0.5) is 0 Å². The quantitative estimate of drug-likeness (QED) is 0.785. The summed E-state index contributed by atoms with van der Waals surface area (Å²) in [5.41, 5.74) is 5.28. The van der Waals surface area contributed by atoms with Gasteiger partial charge in [0.05, 0.1) is 6.54 Å². The number of Topliss-reactive ketones (excluding diaryl/α,β-unsaturated/α-hetero) is 1. The van der Waals surface area contributed by atoms with E-state index in [2.05, 4.69) is 22.0 Å². The van der Waals surface area contributed by atoms with Gasteiger partial charge in [-0.1, -0.05) is 34.2 Å². The Kier molecular flexibility index (Phi) is 3.69. The molecule has 0 bridgehead atoms. The monoisotopic (exact) mass is 229 g/mol. The highest BCUT2D eigenvalue weighted by atomic mass is 79.9. The first-order valence-corrected chi connectivity index (χ1v) is 4.80. The van der Waals surface area contributed by atoms with Gasteiger partial charge >= 0.3 is 0 Å². The van der Waals surface area contributed by atoms with Crippen LogP contribution in [0.15, 0.2) is 22.7 Å². The molecule has 0 aromatic carbocycles. The van der Waals surface area contributed by atoms with Gasteiger partial charge in [0.1, 0.15) is 0 Å². The Morgan fingerprint density at radius 3 is 3.17 bits per heavy atom. The van der Waals surface area contributed by atoms with Crippen molar-refractivity contribution in [2.75, 3.05) is 6.54 Å². The molecule has 1 atom stereocenters. The summed E-state index contributed by atoms with van der Waals surface area (Å²) >= 11 is 3.37. The SMILES string of the molecule is NCC(=O)C1C=CC(Br)=CCC1. The Morgan fingerprint density at radius 1 is 1.75 bits per heavy atom. The average Bonchev–Trinajstić information content (AvgIpc) is 2.29. The molecule has 0 heterocycles. The lowest BCUT2D eigenvalue weighted by molar-refractivity contribution is -0.120. The van der Waals surface area contributed by atoms with Crippen molar-refractivity contribution in [1.82, 2.24) is 0 Å².